The Morgan fingerprint density at radius 3 is 2.47 bits per heavy atom. The molecule has 200 valence electrons. The zero-order chi connectivity index (χ0) is 26.0. The third kappa shape index (κ3) is 7.00. The lowest BCUT2D eigenvalue weighted by Gasteiger charge is -2.26. The van der Waals surface area contributed by atoms with Crippen LogP contribution in [0.4, 0.5) is 11.5 Å². The fraction of sp³-hybridized carbons (Fsp3) is 0.379. The molecule has 2 saturated heterocycles. The molecule has 3 aromatic rings. The summed E-state index contributed by atoms with van der Waals surface area (Å²) >= 11 is 0. The van der Waals surface area contributed by atoms with E-state index in [9.17, 15) is 0 Å². The van der Waals surface area contributed by atoms with Crippen molar-refractivity contribution in [3.8, 4) is 11.5 Å². The van der Waals surface area contributed by atoms with E-state index in [1.54, 1.807) is 12.6 Å². The largest absolute Gasteiger partial charge is 0.488 e. The molecule has 0 aliphatic carbocycles. The highest BCUT2D eigenvalue weighted by Gasteiger charge is 2.15. The van der Waals surface area contributed by atoms with Gasteiger partial charge in [-0.3, -0.25) is 4.90 Å². The number of allylic oxidation sites excluding steroid dienone is 1. The van der Waals surface area contributed by atoms with E-state index in [0.717, 1.165) is 81.3 Å². The summed E-state index contributed by atoms with van der Waals surface area (Å²) in [5.41, 5.74) is 2.86. The molecule has 1 aromatic heterocycles. The van der Waals surface area contributed by atoms with Gasteiger partial charge in [-0.1, -0.05) is 24.3 Å². The summed E-state index contributed by atoms with van der Waals surface area (Å²) < 4.78 is 23.2. The summed E-state index contributed by atoms with van der Waals surface area (Å²) in [6.45, 7) is 9.87. The van der Waals surface area contributed by atoms with Crippen LogP contribution in [0, 0.1) is 0 Å². The number of morpholine rings is 2. The Balaban J connectivity index is 1.37. The first-order valence-electron chi connectivity index (χ1n) is 13.1. The quantitative estimate of drug-likeness (QED) is 0.396. The molecular formula is C29H35N5O4. The normalized spacial score (nSPS) is 16.9. The number of fused-ring (bicyclic) bond motifs is 1. The van der Waals surface area contributed by atoms with Crippen LogP contribution < -0.4 is 14.8 Å². The third-order valence-electron chi connectivity index (χ3n) is 6.51. The number of hydrogen-bond donors (Lipinski definition) is 1. The fourth-order valence-corrected chi connectivity index (χ4v) is 4.40. The molecule has 9 nitrogen and oxygen atoms in total. The summed E-state index contributed by atoms with van der Waals surface area (Å²) in [6, 6.07) is 12.1. The summed E-state index contributed by atoms with van der Waals surface area (Å²) in [5, 5.41) is 4.29. The van der Waals surface area contributed by atoms with E-state index in [4.69, 9.17) is 18.9 Å². The van der Waals surface area contributed by atoms with Crippen molar-refractivity contribution in [2.45, 2.75) is 6.92 Å². The van der Waals surface area contributed by atoms with Gasteiger partial charge < -0.3 is 29.2 Å². The van der Waals surface area contributed by atoms with Crippen LogP contribution in [0.2, 0.25) is 0 Å². The molecule has 0 spiro atoms. The first kappa shape index (κ1) is 26.0. The van der Waals surface area contributed by atoms with Crippen molar-refractivity contribution < 1.29 is 18.9 Å². The van der Waals surface area contributed by atoms with Crippen LogP contribution in [0.1, 0.15) is 12.5 Å². The molecule has 0 unspecified atom stereocenters. The highest BCUT2D eigenvalue weighted by molar-refractivity contribution is 5.93. The molecule has 9 heteroatoms. The molecule has 2 aromatic carbocycles. The Hall–Kier alpha value is -3.66. The Bertz CT molecular complexity index is 1240. The molecule has 38 heavy (non-hydrogen) atoms. The van der Waals surface area contributed by atoms with Gasteiger partial charge in [-0.15, -0.1) is 0 Å². The Morgan fingerprint density at radius 1 is 0.947 bits per heavy atom. The molecule has 1 N–H and O–H groups in total. The van der Waals surface area contributed by atoms with Crippen LogP contribution in [-0.4, -0.2) is 85.5 Å². The van der Waals surface area contributed by atoms with Crippen molar-refractivity contribution >= 4 is 28.5 Å². The molecule has 0 saturated carbocycles. The predicted molar refractivity (Wildman–Crippen MR) is 149 cm³/mol. The molecule has 0 atom stereocenters. The van der Waals surface area contributed by atoms with Crippen LogP contribution in [0.5, 0.6) is 11.5 Å². The number of nitrogens with one attached hydrogen (secondary N) is 1. The van der Waals surface area contributed by atoms with Gasteiger partial charge in [0.25, 0.3) is 0 Å². The number of aromatic nitrogens is 2. The maximum Gasteiger partial charge on any atom is 0.170 e. The summed E-state index contributed by atoms with van der Waals surface area (Å²) in [5.74, 6) is 1.98. The fourth-order valence-electron chi connectivity index (χ4n) is 4.40. The van der Waals surface area contributed by atoms with E-state index < -0.39 is 0 Å². The van der Waals surface area contributed by atoms with Gasteiger partial charge >= 0.3 is 0 Å². The minimum absolute atomic E-state index is 0.540. The Labute approximate surface area is 223 Å². The molecule has 5 rings (SSSR count). The number of ether oxygens (including phenoxy) is 4. The van der Waals surface area contributed by atoms with E-state index in [0.29, 0.717) is 23.9 Å². The van der Waals surface area contributed by atoms with Crippen molar-refractivity contribution in [1.29, 1.82) is 0 Å². The zero-order valence-corrected chi connectivity index (χ0v) is 21.8. The maximum atomic E-state index is 6.27. The van der Waals surface area contributed by atoms with E-state index in [2.05, 4.69) is 43.3 Å². The maximum absolute atomic E-state index is 6.27. The molecule has 3 heterocycles. The zero-order valence-electron chi connectivity index (χ0n) is 21.8. The molecule has 2 aliphatic rings. The number of rotatable bonds is 10. The number of hydrogen-bond acceptors (Lipinski definition) is 9. The van der Waals surface area contributed by atoms with Gasteiger partial charge in [0.05, 0.1) is 31.9 Å². The van der Waals surface area contributed by atoms with Crippen LogP contribution in [0.3, 0.4) is 0 Å². The second-order valence-corrected chi connectivity index (χ2v) is 9.14. The van der Waals surface area contributed by atoms with E-state index in [1.165, 1.54) is 0 Å². The number of anilines is 2. The third-order valence-corrected chi connectivity index (χ3v) is 6.51. The van der Waals surface area contributed by atoms with E-state index >= 15 is 0 Å². The molecule has 0 bridgehead atoms. The van der Waals surface area contributed by atoms with Gasteiger partial charge in [0, 0.05) is 56.1 Å². The lowest BCUT2D eigenvalue weighted by atomic mass is 10.1. The van der Waals surface area contributed by atoms with Crippen LogP contribution in [0.25, 0.3) is 17.0 Å². The van der Waals surface area contributed by atoms with Crippen LogP contribution >= 0.6 is 0 Å². The molecule has 0 amide bonds. The topological polar surface area (TPSA) is 81.2 Å². The average molecular weight is 518 g/mol. The predicted octanol–water partition coefficient (Wildman–Crippen LogP) is 4.30. The summed E-state index contributed by atoms with van der Waals surface area (Å²) in [6.07, 6.45) is 9.31. The van der Waals surface area contributed by atoms with E-state index in [-0.39, 0.29) is 0 Å². The first-order chi connectivity index (χ1) is 18.8. The lowest BCUT2D eigenvalue weighted by molar-refractivity contribution is 0.0321. The lowest BCUT2D eigenvalue weighted by Crippen LogP contribution is -2.38. The van der Waals surface area contributed by atoms with E-state index in [1.807, 2.05) is 43.5 Å². The second kappa shape index (κ2) is 13.2. The SMILES string of the molecule is C/C=C/c1ccc(Nc2ncnc3cc(O/C=C\N4CCOCC4)c(OCCN4CCOCC4)cc23)cc1. The van der Waals surface area contributed by atoms with Crippen molar-refractivity contribution in [3.05, 3.63) is 66.8 Å². The minimum atomic E-state index is 0.540. The minimum Gasteiger partial charge on any atom is -0.488 e. The number of nitrogens with zero attached hydrogens (tertiary/aromatic N) is 4. The molecule has 2 fully saturated rings. The van der Waals surface area contributed by atoms with Gasteiger partial charge in [-0.25, -0.2) is 9.97 Å². The van der Waals surface area contributed by atoms with Crippen LogP contribution in [0.15, 0.2) is 61.3 Å². The van der Waals surface area contributed by atoms with Crippen LogP contribution in [-0.2, 0) is 9.47 Å². The Kier molecular flexibility index (Phi) is 9.04. The van der Waals surface area contributed by atoms with Gasteiger partial charge in [-0.2, -0.15) is 0 Å². The Morgan fingerprint density at radius 2 is 1.71 bits per heavy atom. The van der Waals surface area contributed by atoms with Crippen molar-refractivity contribution in [3.63, 3.8) is 0 Å². The summed E-state index contributed by atoms with van der Waals surface area (Å²) in [4.78, 5) is 13.5. The highest BCUT2D eigenvalue weighted by Crippen LogP contribution is 2.35. The van der Waals surface area contributed by atoms with Crippen molar-refractivity contribution in [2.75, 3.05) is 71.1 Å². The standard InChI is InChI=1S/C29H35N5O4/c1-2-3-23-4-6-24(7-5-23)32-29-25-20-27(37-18-12-33-8-14-35-15-9-33)28(21-26(25)30-22-31-29)38-19-13-34-10-16-36-17-11-34/h2-7,13,19-22H,8-12,14-18H2,1H3,(H,30,31,32)/b3-2+,19-13-. The van der Waals surface area contributed by atoms with Gasteiger partial charge in [0.1, 0.15) is 25.0 Å². The summed E-state index contributed by atoms with van der Waals surface area (Å²) in [7, 11) is 0. The van der Waals surface area contributed by atoms with Gasteiger partial charge in [-0.05, 0) is 30.7 Å². The molecule has 2 aliphatic heterocycles. The van der Waals surface area contributed by atoms with Crippen molar-refractivity contribution in [1.82, 2.24) is 19.8 Å². The average Bonchev–Trinajstić information content (AvgIpc) is 2.96. The van der Waals surface area contributed by atoms with Crippen molar-refractivity contribution in [2.24, 2.45) is 0 Å². The molecule has 0 radical (unpaired) electrons. The second-order valence-electron chi connectivity index (χ2n) is 9.14. The smallest absolute Gasteiger partial charge is 0.170 e. The number of benzene rings is 2. The van der Waals surface area contributed by atoms with Gasteiger partial charge in [0.2, 0.25) is 0 Å². The van der Waals surface area contributed by atoms with Gasteiger partial charge in [0.15, 0.2) is 11.5 Å². The highest BCUT2D eigenvalue weighted by atomic mass is 16.5. The molecular weight excluding hydrogens is 482 g/mol. The first-order valence-corrected chi connectivity index (χ1v) is 13.1. The monoisotopic (exact) mass is 517 g/mol.